The fourth-order valence-corrected chi connectivity index (χ4v) is 8.73. The fraction of sp³-hybridized carbons (Fsp3) is 0.556. The number of carbonyl (C=O) groups excluding carboxylic acids is 2. The Morgan fingerprint density at radius 1 is 1.16 bits per heavy atom. The molecule has 10 heteroatoms. The molecule has 3 aromatic rings. The monoisotopic (exact) mass is 558 g/mol. The topological polar surface area (TPSA) is 86.1 Å². The van der Waals surface area contributed by atoms with Gasteiger partial charge in [0.05, 0.1) is 18.4 Å². The fourth-order valence-electron chi connectivity index (χ4n) is 5.33. The molecule has 0 spiro atoms. The first-order chi connectivity index (χ1) is 17.9. The minimum absolute atomic E-state index is 0.159. The number of aryl methyl sites for hydroxylation is 1. The minimum Gasteiger partial charge on any atom is -0.465 e. The first-order valence-corrected chi connectivity index (χ1v) is 15.8. The summed E-state index contributed by atoms with van der Waals surface area (Å²) in [6.45, 7) is 6.57. The van der Waals surface area contributed by atoms with Gasteiger partial charge in [0.1, 0.15) is 5.00 Å². The number of rotatable bonds is 7. The molecule has 198 valence electrons. The summed E-state index contributed by atoms with van der Waals surface area (Å²) in [7, 11) is 1.39. The quantitative estimate of drug-likeness (QED) is 0.201. The average molecular weight is 559 g/mol. The van der Waals surface area contributed by atoms with Gasteiger partial charge in [-0.1, -0.05) is 25.1 Å². The van der Waals surface area contributed by atoms with Crippen molar-refractivity contribution in [3.63, 3.8) is 0 Å². The van der Waals surface area contributed by atoms with Gasteiger partial charge in [0.15, 0.2) is 11.0 Å². The number of thioether (sulfide) groups is 1. The van der Waals surface area contributed by atoms with Crippen molar-refractivity contribution in [3.8, 4) is 11.4 Å². The van der Waals surface area contributed by atoms with Gasteiger partial charge < -0.3 is 10.1 Å². The first kappa shape index (κ1) is 26.4. The van der Waals surface area contributed by atoms with Crippen LogP contribution in [0, 0.1) is 5.92 Å². The zero-order valence-electron chi connectivity index (χ0n) is 21.9. The lowest BCUT2D eigenvalue weighted by Gasteiger charge is -2.19. The number of esters is 1. The number of hydrogen-bond acceptors (Lipinski definition) is 8. The number of hydrogen-bond donors (Lipinski definition) is 1. The number of aromatic nitrogens is 3. The van der Waals surface area contributed by atoms with Crippen molar-refractivity contribution in [2.24, 2.45) is 5.92 Å². The van der Waals surface area contributed by atoms with Crippen LogP contribution >= 0.6 is 34.4 Å². The molecule has 0 bridgehead atoms. The summed E-state index contributed by atoms with van der Waals surface area (Å²) in [4.78, 5) is 28.3. The van der Waals surface area contributed by atoms with Crippen molar-refractivity contribution in [1.29, 1.82) is 0 Å². The van der Waals surface area contributed by atoms with Gasteiger partial charge in [0.25, 0.3) is 0 Å². The van der Waals surface area contributed by atoms with Crippen LogP contribution in [0.4, 0.5) is 5.00 Å². The normalized spacial score (nSPS) is 17.3. The summed E-state index contributed by atoms with van der Waals surface area (Å²) in [6.07, 6.45) is 8.54. The van der Waals surface area contributed by atoms with Crippen molar-refractivity contribution < 1.29 is 14.3 Å². The third-order valence-electron chi connectivity index (χ3n) is 7.22. The molecular formula is C27H34N4O3S3. The van der Waals surface area contributed by atoms with Crippen LogP contribution in [-0.2, 0) is 35.2 Å². The highest BCUT2D eigenvalue weighted by Gasteiger charge is 2.28. The molecule has 37 heavy (non-hydrogen) atoms. The molecule has 1 atom stereocenters. The molecule has 0 radical (unpaired) electrons. The number of methoxy groups -OCH3 is 1. The van der Waals surface area contributed by atoms with E-state index >= 15 is 0 Å². The summed E-state index contributed by atoms with van der Waals surface area (Å²) in [6, 6.07) is 0.160. The lowest BCUT2D eigenvalue weighted by molar-refractivity contribution is -0.113. The molecule has 2 aliphatic carbocycles. The second-order valence-corrected chi connectivity index (χ2v) is 13.3. The van der Waals surface area contributed by atoms with Crippen LogP contribution in [0.15, 0.2) is 10.5 Å². The Labute approximate surface area is 230 Å². The Morgan fingerprint density at radius 2 is 1.97 bits per heavy atom. The van der Waals surface area contributed by atoms with Crippen molar-refractivity contribution in [1.82, 2.24) is 14.8 Å². The smallest absolute Gasteiger partial charge is 0.341 e. The number of fused-ring (bicyclic) bond motifs is 2. The van der Waals surface area contributed by atoms with Gasteiger partial charge in [-0.3, -0.25) is 9.36 Å². The zero-order chi connectivity index (χ0) is 26.1. The molecule has 1 N–H and O–H groups in total. The summed E-state index contributed by atoms with van der Waals surface area (Å²) < 4.78 is 7.21. The second kappa shape index (κ2) is 11.3. The van der Waals surface area contributed by atoms with E-state index in [4.69, 9.17) is 4.74 Å². The maximum absolute atomic E-state index is 13.0. The van der Waals surface area contributed by atoms with Crippen LogP contribution in [-0.4, -0.2) is 39.5 Å². The van der Waals surface area contributed by atoms with E-state index in [2.05, 4.69) is 46.2 Å². The summed E-state index contributed by atoms with van der Waals surface area (Å²) in [5, 5.41) is 15.6. The number of ether oxygens (including phenoxy) is 1. The molecule has 2 aliphatic rings. The molecule has 0 saturated carbocycles. The summed E-state index contributed by atoms with van der Waals surface area (Å²) in [5.74, 6) is 1.27. The molecule has 0 fully saturated rings. The third-order valence-corrected chi connectivity index (χ3v) is 10.4. The van der Waals surface area contributed by atoms with Gasteiger partial charge in [0.2, 0.25) is 5.91 Å². The average Bonchev–Trinajstić information content (AvgIpc) is 3.52. The highest BCUT2D eigenvalue weighted by atomic mass is 32.2. The number of nitrogens with one attached hydrogen (secondary N) is 1. The maximum Gasteiger partial charge on any atom is 0.341 e. The molecule has 3 aromatic heterocycles. The Hall–Kier alpha value is -2.17. The molecule has 3 heterocycles. The van der Waals surface area contributed by atoms with E-state index in [1.54, 1.807) is 0 Å². The van der Waals surface area contributed by atoms with Gasteiger partial charge in [-0.25, -0.2) is 4.79 Å². The number of anilines is 1. The van der Waals surface area contributed by atoms with E-state index in [1.807, 2.05) is 11.3 Å². The summed E-state index contributed by atoms with van der Waals surface area (Å²) in [5.41, 5.74) is 4.19. The Morgan fingerprint density at radius 3 is 2.76 bits per heavy atom. The third kappa shape index (κ3) is 5.38. The molecule has 1 amide bonds. The van der Waals surface area contributed by atoms with Gasteiger partial charge in [-0.2, -0.15) is 0 Å². The predicted molar refractivity (Wildman–Crippen MR) is 151 cm³/mol. The van der Waals surface area contributed by atoms with E-state index in [9.17, 15) is 9.59 Å². The SMILES string of the molecule is COC(=O)c1c(NC(=O)CSc2nnc(-c3csc4c3CCC(C)C4)n2C(C)C)sc2c1CCCCC2. The van der Waals surface area contributed by atoms with Gasteiger partial charge >= 0.3 is 5.97 Å². The standard InChI is InChI=1S/C27H34N4O3S3/c1-15(2)31-24(19-13-35-21-12-16(3)10-11-17(19)21)29-30-27(31)36-14-22(32)28-25-23(26(33)34-4)18-8-6-5-7-9-20(18)37-25/h13,15-16H,5-12,14H2,1-4H3,(H,28,32). The van der Waals surface area contributed by atoms with Crippen molar-refractivity contribution >= 4 is 51.3 Å². The van der Waals surface area contributed by atoms with Crippen molar-refractivity contribution in [3.05, 3.63) is 31.8 Å². The van der Waals surface area contributed by atoms with Gasteiger partial charge in [-0.15, -0.1) is 32.9 Å². The minimum atomic E-state index is -0.375. The number of thiophene rings is 2. The molecule has 5 rings (SSSR count). The first-order valence-electron chi connectivity index (χ1n) is 13.1. The van der Waals surface area contributed by atoms with Crippen LogP contribution < -0.4 is 5.32 Å². The Bertz CT molecular complexity index is 1310. The number of carbonyl (C=O) groups is 2. The van der Waals surface area contributed by atoms with E-state index in [0.717, 1.165) is 67.4 Å². The number of nitrogens with zero attached hydrogens (tertiary/aromatic N) is 3. The van der Waals surface area contributed by atoms with Crippen molar-refractivity contribution in [2.45, 2.75) is 83.3 Å². The van der Waals surface area contributed by atoms with Gasteiger partial charge in [0, 0.05) is 26.7 Å². The van der Waals surface area contributed by atoms with Crippen LogP contribution in [0.25, 0.3) is 11.4 Å². The highest BCUT2D eigenvalue weighted by Crippen LogP contribution is 2.40. The summed E-state index contributed by atoms with van der Waals surface area (Å²) >= 11 is 4.73. The largest absolute Gasteiger partial charge is 0.465 e. The van der Waals surface area contributed by atoms with Crippen LogP contribution in [0.5, 0.6) is 0 Å². The van der Waals surface area contributed by atoms with E-state index in [-0.39, 0.29) is 23.7 Å². The lowest BCUT2D eigenvalue weighted by atomic mass is 9.88. The molecule has 7 nitrogen and oxygen atoms in total. The van der Waals surface area contributed by atoms with E-state index in [0.29, 0.717) is 10.6 Å². The van der Waals surface area contributed by atoms with Crippen LogP contribution in [0.3, 0.4) is 0 Å². The molecule has 0 aromatic carbocycles. The van der Waals surface area contributed by atoms with E-state index in [1.165, 1.54) is 57.5 Å². The predicted octanol–water partition coefficient (Wildman–Crippen LogP) is 6.56. The highest BCUT2D eigenvalue weighted by molar-refractivity contribution is 7.99. The lowest BCUT2D eigenvalue weighted by Crippen LogP contribution is -2.17. The van der Waals surface area contributed by atoms with Crippen molar-refractivity contribution in [2.75, 3.05) is 18.2 Å². The molecule has 0 aliphatic heterocycles. The second-order valence-electron chi connectivity index (χ2n) is 10.3. The van der Waals surface area contributed by atoms with Crippen LogP contribution in [0.1, 0.15) is 83.7 Å². The van der Waals surface area contributed by atoms with E-state index < -0.39 is 0 Å². The zero-order valence-corrected chi connectivity index (χ0v) is 24.3. The van der Waals surface area contributed by atoms with Crippen LogP contribution in [0.2, 0.25) is 0 Å². The Kier molecular flexibility index (Phi) is 8.07. The molecule has 1 unspecified atom stereocenters. The maximum atomic E-state index is 13.0. The molecular weight excluding hydrogens is 525 g/mol. The van der Waals surface area contributed by atoms with Gasteiger partial charge in [-0.05, 0) is 75.8 Å². The molecule has 0 saturated heterocycles. The Balaban J connectivity index is 1.33. The number of amides is 1.